The Kier molecular flexibility index (Phi) is 7.86. The molecule has 168 valence electrons. The zero-order valence-corrected chi connectivity index (χ0v) is 19.8. The van der Waals surface area contributed by atoms with Gasteiger partial charge in [0.05, 0.1) is 25.4 Å². The largest absolute Gasteiger partial charge is 0.462 e. The normalized spacial score (nSPS) is 19.4. The molecule has 2 heterocycles. The number of nitrogens with one attached hydrogen (secondary N) is 1. The van der Waals surface area contributed by atoms with Crippen molar-refractivity contribution in [2.24, 2.45) is 0 Å². The molecule has 0 radical (unpaired) electrons. The molecule has 6 nitrogen and oxygen atoms in total. The highest BCUT2D eigenvalue weighted by Gasteiger charge is 2.26. The van der Waals surface area contributed by atoms with E-state index in [1.54, 1.807) is 6.92 Å². The van der Waals surface area contributed by atoms with Crippen LogP contribution in [0.4, 0.5) is 5.00 Å². The van der Waals surface area contributed by atoms with Gasteiger partial charge in [0.25, 0.3) is 0 Å². The molecule has 1 aliphatic rings. The minimum Gasteiger partial charge on any atom is -0.462 e. The summed E-state index contributed by atoms with van der Waals surface area (Å²) in [5, 5.41) is 5.38. The Morgan fingerprint density at radius 2 is 1.84 bits per heavy atom. The van der Waals surface area contributed by atoms with Gasteiger partial charge in [-0.3, -0.25) is 9.69 Å². The van der Waals surface area contributed by atoms with E-state index in [0.717, 1.165) is 11.1 Å². The summed E-state index contributed by atoms with van der Waals surface area (Å²) in [5.74, 6) is -0.132. The summed E-state index contributed by atoms with van der Waals surface area (Å²) in [6, 6.07) is 8.18. The van der Waals surface area contributed by atoms with Crippen LogP contribution in [0.3, 0.4) is 0 Å². The van der Waals surface area contributed by atoms with Crippen molar-refractivity contribution in [1.82, 2.24) is 4.90 Å². The van der Waals surface area contributed by atoms with Crippen molar-refractivity contribution >= 4 is 28.2 Å². The predicted molar refractivity (Wildman–Crippen MR) is 125 cm³/mol. The van der Waals surface area contributed by atoms with Crippen LogP contribution < -0.4 is 5.32 Å². The highest BCUT2D eigenvalue weighted by molar-refractivity contribution is 7.15. The van der Waals surface area contributed by atoms with Crippen molar-refractivity contribution in [2.75, 3.05) is 31.6 Å². The number of hydrogen-bond donors (Lipinski definition) is 1. The van der Waals surface area contributed by atoms with Gasteiger partial charge in [-0.05, 0) is 37.8 Å². The van der Waals surface area contributed by atoms with Crippen LogP contribution in [0.25, 0.3) is 11.1 Å². The number of esters is 1. The maximum absolute atomic E-state index is 12.8. The maximum Gasteiger partial charge on any atom is 0.341 e. The molecule has 31 heavy (non-hydrogen) atoms. The second-order valence-electron chi connectivity index (χ2n) is 8.35. The Hall–Kier alpha value is -2.22. The summed E-state index contributed by atoms with van der Waals surface area (Å²) < 4.78 is 11.0. The first-order valence-corrected chi connectivity index (χ1v) is 11.7. The molecule has 0 saturated carbocycles. The number of nitrogens with zero attached hydrogens (tertiary/aromatic N) is 1. The van der Waals surface area contributed by atoms with Crippen LogP contribution >= 0.6 is 11.3 Å². The molecular formula is C24H32N2O4S. The van der Waals surface area contributed by atoms with Crippen LogP contribution in [0.15, 0.2) is 29.6 Å². The van der Waals surface area contributed by atoms with Gasteiger partial charge in [0.15, 0.2) is 0 Å². The van der Waals surface area contributed by atoms with Crippen molar-refractivity contribution in [2.45, 2.75) is 52.7 Å². The van der Waals surface area contributed by atoms with E-state index in [4.69, 9.17) is 9.47 Å². The highest BCUT2D eigenvalue weighted by Crippen LogP contribution is 2.36. The number of anilines is 1. The van der Waals surface area contributed by atoms with Crippen molar-refractivity contribution in [3.05, 3.63) is 40.8 Å². The number of amides is 1. The number of thiophene rings is 1. The first-order valence-electron chi connectivity index (χ1n) is 10.8. The predicted octanol–water partition coefficient (Wildman–Crippen LogP) is 4.76. The van der Waals surface area contributed by atoms with Crippen LogP contribution in [0.5, 0.6) is 0 Å². The van der Waals surface area contributed by atoms with Gasteiger partial charge in [-0.1, -0.05) is 38.1 Å². The lowest BCUT2D eigenvalue weighted by Crippen LogP contribution is -2.48. The average Bonchev–Trinajstić information content (AvgIpc) is 3.10. The lowest BCUT2D eigenvalue weighted by molar-refractivity contribution is -0.121. The molecule has 7 heteroatoms. The van der Waals surface area contributed by atoms with E-state index in [9.17, 15) is 9.59 Å². The summed E-state index contributed by atoms with van der Waals surface area (Å²) in [6.07, 6.45) is 0.183. The van der Waals surface area contributed by atoms with E-state index in [0.29, 0.717) is 29.6 Å². The fourth-order valence-electron chi connectivity index (χ4n) is 3.90. The molecule has 2 atom stereocenters. The number of carbonyl (C=O) groups excluding carboxylic acids is 2. The van der Waals surface area contributed by atoms with Gasteiger partial charge in [-0.2, -0.15) is 0 Å². The minimum absolute atomic E-state index is 0.0915. The van der Waals surface area contributed by atoms with Gasteiger partial charge >= 0.3 is 5.97 Å². The van der Waals surface area contributed by atoms with Crippen molar-refractivity contribution in [3.8, 4) is 11.1 Å². The Balaban J connectivity index is 1.81. The first kappa shape index (κ1) is 23.4. The molecule has 1 fully saturated rings. The Bertz CT molecular complexity index is 897. The van der Waals surface area contributed by atoms with Crippen molar-refractivity contribution in [1.29, 1.82) is 0 Å². The second kappa shape index (κ2) is 10.4. The van der Waals surface area contributed by atoms with E-state index >= 15 is 0 Å². The van der Waals surface area contributed by atoms with Crippen molar-refractivity contribution in [3.63, 3.8) is 0 Å². The van der Waals surface area contributed by atoms with E-state index in [-0.39, 0.29) is 31.3 Å². The molecule has 1 aromatic carbocycles. The van der Waals surface area contributed by atoms with Crippen LogP contribution in [0.1, 0.15) is 56.5 Å². The zero-order valence-electron chi connectivity index (χ0n) is 18.9. The van der Waals surface area contributed by atoms with E-state index in [2.05, 4.69) is 36.2 Å². The molecule has 1 saturated heterocycles. The quantitative estimate of drug-likeness (QED) is 0.624. The molecule has 1 aliphatic heterocycles. The third-order valence-electron chi connectivity index (χ3n) is 5.27. The van der Waals surface area contributed by atoms with Gasteiger partial charge in [-0.15, -0.1) is 11.3 Å². The zero-order chi connectivity index (χ0) is 22.5. The summed E-state index contributed by atoms with van der Waals surface area (Å²) in [7, 11) is 0. The van der Waals surface area contributed by atoms with Crippen molar-refractivity contribution < 1.29 is 19.1 Å². The molecule has 0 spiro atoms. The lowest BCUT2D eigenvalue weighted by atomic mass is 9.98. The SMILES string of the molecule is CCOC(=O)c1c(-c2ccc(C(C)C)cc2)csc1NC(=O)CN1CC(C)OC(C)C1. The standard InChI is InChI=1S/C24H32N2O4S/c1-6-29-24(28)22-20(19-9-7-18(8-10-19)15(2)3)14-31-23(22)25-21(27)13-26-11-16(4)30-17(5)12-26/h7-10,14-17H,6,11-13H2,1-5H3,(H,25,27). The smallest absolute Gasteiger partial charge is 0.341 e. The van der Waals surface area contributed by atoms with Gasteiger partial charge in [-0.25, -0.2) is 4.79 Å². The van der Waals surface area contributed by atoms with Gasteiger partial charge in [0.2, 0.25) is 5.91 Å². The summed E-state index contributed by atoms with van der Waals surface area (Å²) in [5.41, 5.74) is 3.36. The molecule has 0 bridgehead atoms. The Morgan fingerprint density at radius 1 is 1.19 bits per heavy atom. The fourth-order valence-corrected chi connectivity index (χ4v) is 4.87. The molecule has 1 N–H and O–H groups in total. The average molecular weight is 445 g/mol. The van der Waals surface area contributed by atoms with Crippen LogP contribution in [0.2, 0.25) is 0 Å². The first-order chi connectivity index (χ1) is 14.8. The number of benzene rings is 1. The van der Waals surface area contributed by atoms with E-state index < -0.39 is 5.97 Å². The Morgan fingerprint density at radius 3 is 2.42 bits per heavy atom. The van der Waals surface area contributed by atoms with E-state index in [1.165, 1.54) is 16.9 Å². The van der Waals surface area contributed by atoms with Crippen LogP contribution in [-0.4, -0.2) is 55.2 Å². The second-order valence-corrected chi connectivity index (χ2v) is 9.23. The molecule has 0 aliphatic carbocycles. The summed E-state index contributed by atoms with van der Waals surface area (Å²) in [4.78, 5) is 27.6. The molecule has 1 aromatic heterocycles. The number of hydrogen-bond acceptors (Lipinski definition) is 6. The molecular weight excluding hydrogens is 412 g/mol. The molecule has 2 aromatic rings. The van der Waals surface area contributed by atoms with Gasteiger partial charge in [0, 0.05) is 24.0 Å². The molecule has 2 unspecified atom stereocenters. The lowest BCUT2D eigenvalue weighted by Gasteiger charge is -2.34. The van der Waals surface area contributed by atoms with Crippen LogP contribution in [-0.2, 0) is 14.3 Å². The number of rotatable bonds is 7. The fraction of sp³-hybridized carbons (Fsp3) is 0.500. The molecule has 1 amide bonds. The number of ether oxygens (including phenoxy) is 2. The third kappa shape index (κ3) is 5.93. The van der Waals surface area contributed by atoms with Gasteiger partial charge < -0.3 is 14.8 Å². The third-order valence-corrected chi connectivity index (χ3v) is 6.17. The molecule has 3 rings (SSSR count). The monoisotopic (exact) mass is 444 g/mol. The minimum atomic E-state index is -0.421. The maximum atomic E-state index is 12.8. The number of morpholine rings is 1. The summed E-state index contributed by atoms with van der Waals surface area (Å²) in [6.45, 7) is 12.0. The summed E-state index contributed by atoms with van der Waals surface area (Å²) >= 11 is 1.35. The Labute approximate surface area is 188 Å². The number of carbonyl (C=O) groups is 2. The topological polar surface area (TPSA) is 67.9 Å². The van der Waals surface area contributed by atoms with E-state index in [1.807, 2.05) is 31.4 Å². The van der Waals surface area contributed by atoms with Gasteiger partial charge in [0.1, 0.15) is 10.6 Å². The van der Waals surface area contributed by atoms with Crippen LogP contribution in [0, 0.1) is 0 Å². The highest BCUT2D eigenvalue weighted by atomic mass is 32.1.